The van der Waals surface area contributed by atoms with Gasteiger partial charge in [-0.05, 0) is 35.9 Å². The number of amides is 1. The lowest BCUT2D eigenvalue weighted by atomic mass is 9.97. The summed E-state index contributed by atoms with van der Waals surface area (Å²) in [6.07, 6.45) is 5.14. The number of benzene rings is 2. The van der Waals surface area contributed by atoms with E-state index in [-0.39, 0.29) is 0 Å². The first-order valence-electron chi connectivity index (χ1n) is 8.71. The first-order chi connectivity index (χ1) is 13.7. The number of primary amides is 1. The summed E-state index contributed by atoms with van der Waals surface area (Å²) >= 11 is 0. The summed E-state index contributed by atoms with van der Waals surface area (Å²) in [4.78, 5) is 25.0. The van der Waals surface area contributed by atoms with Crippen molar-refractivity contribution in [1.82, 2.24) is 15.0 Å². The molecule has 3 N–H and O–H groups in total. The van der Waals surface area contributed by atoms with E-state index in [4.69, 9.17) is 5.73 Å². The fourth-order valence-corrected chi connectivity index (χ4v) is 2.99. The molecule has 2 aromatic heterocycles. The summed E-state index contributed by atoms with van der Waals surface area (Å²) in [6, 6.07) is 20.6. The first kappa shape index (κ1) is 17.4. The minimum atomic E-state index is -0.493. The Morgan fingerprint density at radius 2 is 1.68 bits per heavy atom. The van der Waals surface area contributed by atoms with E-state index in [0.717, 1.165) is 16.8 Å². The fraction of sp³-hybridized carbons (Fsp3) is 0. The van der Waals surface area contributed by atoms with Crippen LogP contribution in [0.2, 0.25) is 0 Å². The zero-order valence-electron chi connectivity index (χ0n) is 14.9. The number of pyridine rings is 1. The van der Waals surface area contributed by atoms with Gasteiger partial charge in [0, 0.05) is 41.0 Å². The number of nitrogens with zero attached hydrogens (tertiary/aromatic N) is 3. The lowest BCUT2D eigenvalue weighted by Gasteiger charge is -2.15. The van der Waals surface area contributed by atoms with Crippen LogP contribution in [-0.4, -0.2) is 20.9 Å². The van der Waals surface area contributed by atoms with Crippen LogP contribution in [0.15, 0.2) is 85.3 Å². The fourth-order valence-electron chi connectivity index (χ4n) is 2.99. The highest BCUT2D eigenvalue weighted by Crippen LogP contribution is 2.33. The number of rotatable bonds is 5. The van der Waals surface area contributed by atoms with Crippen LogP contribution in [0, 0.1) is 0 Å². The van der Waals surface area contributed by atoms with Gasteiger partial charge in [0.15, 0.2) is 0 Å². The van der Waals surface area contributed by atoms with Crippen LogP contribution in [-0.2, 0) is 0 Å². The van der Waals surface area contributed by atoms with Gasteiger partial charge in [0.25, 0.3) is 0 Å². The standard InChI is InChI=1S/C22H17N5O/c23-21(28)17-9-4-10-19(20(17)15-6-2-1-3-7-15)27-22-25-13-11-18(26-22)16-8-5-12-24-14-16/h1-14H,(H2,23,28)(H,25,26,27). The zero-order chi connectivity index (χ0) is 19.3. The minimum Gasteiger partial charge on any atom is -0.366 e. The number of hydrogen-bond acceptors (Lipinski definition) is 5. The van der Waals surface area contributed by atoms with Gasteiger partial charge in [-0.25, -0.2) is 9.97 Å². The van der Waals surface area contributed by atoms with E-state index in [1.54, 1.807) is 30.7 Å². The molecule has 4 rings (SSSR count). The predicted octanol–water partition coefficient (Wildman–Crippen LogP) is 4.05. The van der Waals surface area contributed by atoms with Gasteiger partial charge in [-0.1, -0.05) is 36.4 Å². The third kappa shape index (κ3) is 3.57. The molecule has 0 unspecified atom stereocenters. The Bertz CT molecular complexity index is 1110. The van der Waals surface area contributed by atoms with Crippen molar-refractivity contribution in [2.45, 2.75) is 0 Å². The molecule has 0 radical (unpaired) electrons. The van der Waals surface area contributed by atoms with Crippen LogP contribution in [0.25, 0.3) is 22.4 Å². The van der Waals surface area contributed by atoms with Crippen molar-refractivity contribution >= 4 is 17.5 Å². The second-order valence-electron chi connectivity index (χ2n) is 6.09. The van der Waals surface area contributed by atoms with Crippen LogP contribution in [0.1, 0.15) is 10.4 Å². The molecule has 28 heavy (non-hydrogen) atoms. The summed E-state index contributed by atoms with van der Waals surface area (Å²) in [5.74, 6) is -0.0762. The smallest absolute Gasteiger partial charge is 0.249 e. The van der Waals surface area contributed by atoms with Crippen LogP contribution in [0.3, 0.4) is 0 Å². The summed E-state index contributed by atoms with van der Waals surface area (Å²) in [6.45, 7) is 0. The second kappa shape index (κ2) is 7.67. The maximum Gasteiger partial charge on any atom is 0.249 e. The quantitative estimate of drug-likeness (QED) is 0.555. The van der Waals surface area contributed by atoms with E-state index in [9.17, 15) is 4.79 Å². The van der Waals surface area contributed by atoms with E-state index in [1.807, 2.05) is 54.6 Å². The summed E-state index contributed by atoms with van der Waals surface area (Å²) < 4.78 is 0. The number of nitrogens with one attached hydrogen (secondary N) is 1. The van der Waals surface area contributed by atoms with Crippen molar-refractivity contribution in [1.29, 1.82) is 0 Å². The Balaban J connectivity index is 1.77. The second-order valence-corrected chi connectivity index (χ2v) is 6.09. The summed E-state index contributed by atoms with van der Waals surface area (Å²) in [5.41, 5.74) is 9.97. The Morgan fingerprint density at radius 1 is 0.857 bits per heavy atom. The van der Waals surface area contributed by atoms with E-state index in [0.29, 0.717) is 22.8 Å². The summed E-state index contributed by atoms with van der Waals surface area (Å²) in [7, 11) is 0. The Hall–Kier alpha value is -4.06. The van der Waals surface area contributed by atoms with Gasteiger partial charge in [-0.15, -0.1) is 0 Å². The Morgan fingerprint density at radius 3 is 2.43 bits per heavy atom. The van der Waals surface area contributed by atoms with Crippen LogP contribution >= 0.6 is 0 Å². The average Bonchev–Trinajstić information content (AvgIpc) is 2.75. The molecule has 0 aliphatic heterocycles. The molecule has 0 atom stereocenters. The highest BCUT2D eigenvalue weighted by Gasteiger charge is 2.15. The number of carbonyl (C=O) groups excluding carboxylic acids is 1. The molecule has 0 fully saturated rings. The topological polar surface area (TPSA) is 93.8 Å². The maximum absolute atomic E-state index is 12.0. The van der Waals surface area contributed by atoms with Crippen molar-refractivity contribution < 1.29 is 4.79 Å². The third-order valence-corrected chi connectivity index (χ3v) is 4.25. The normalized spacial score (nSPS) is 10.4. The SMILES string of the molecule is NC(=O)c1cccc(Nc2nccc(-c3cccnc3)n2)c1-c1ccccc1. The molecule has 6 heteroatoms. The molecule has 136 valence electrons. The zero-order valence-corrected chi connectivity index (χ0v) is 14.9. The van der Waals surface area contributed by atoms with Crippen LogP contribution < -0.4 is 11.1 Å². The van der Waals surface area contributed by atoms with Crippen molar-refractivity contribution in [3.8, 4) is 22.4 Å². The lowest BCUT2D eigenvalue weighted by Crippen LogP contribution is -2.13. The van der Waals surface area contributed by atoms with Crippen molar-refractivity contribution in [2.75, 3.05) is 5.32 Å². The number of carbonyl (C=O) groups is 1. The number of anilines is 2. The van der Waals surface area contributed by atoms with E-state index in [2.05, 4.69) is 20.3 Å². The molecule has 0 aliphatic rings. The van der Waals surface area contributed by atoms with Crippen molar-refractivity contribution in [3.63, 3.8) is 0 Å². The Labute approximate surface area is 162 Å². The van der Waals surface area contributed by atoms with Crippen molar-refractivity contribution in [3.05, 3.63) is 90.9 Å². The van der Waals surface area contributed by atoms with E-state index in [1.165, 1.54) is 0 Å². The molecule has 2 aromatic carbocycles. The number of nitrogens with two attached hydrogens (primary N) is 1. The molecular formula is C22H17N5O. The van der Waals surface area contributed by atoms with Crippen molar-refractivity contribution in [2.24, 2.45) is 5.73 Å². The largest absolute Gasteiger partial charge is 0.366 e. The van der Waals surface area contributed by atoms with Crippen LogP contribution in [0.4, 0.5) is 11.6 Å². The monoisotopic (exact) mass is 367 g/mol. The molecule has 2 heterocycles. The molecule has 0 bridgehead atoms. The lowest BCUT2D eigenvalue weighted by molar-refractivity contribution is 0.100. The van der Waals surface area contributed by atoms with Gasteiger partial charge in [0.2, 0.25) is 11.9 Å². The first-order valence-corrected chi connectivity index (χ1v) is 8.71. The van der Waals surface area contributed by atoms with E-state index >= 15 is 0 Å². The highest BCUT2D eigenvalue weighted by atomic mass is 16.1. The predicted molar refractivity (Wildman–Crippen MR) is 109 cm³/mol. The third-order valence-electron chi connectivity index (χ3n) is 4.25. The van der Waals surface area contributed by atoms with Gasteiger partial charge in [-0.2, -0.15) is 0 Å². The molecular weight excluding hydrogens is 350 g/mol. The summed E-state index contributed by atoms with van der Waals surface area (Å²) in [5, 5.41) is 3.23. The van der Waals surface area contributed by atoms with Gasteiger partial charge in [-0.3, -0.25) is 9.78 Å². The Kier molecular flexibility index (Phi) is 4.76. The minimum absolute atomic E-state index is 0.417. The molecule has 1 amide bonds. The van der Waals surface area contributed by atoms with Gasteiger partial charge in [0.05, 0.1) is 5.69 Å². The number of hydrogen-bond donors (Lipinski definition) is 2. The average molecular weight is 367 g/mol. The molecule has 0 saturated heterocycles. The molecule has 0 saturated carbocycles. The van der Waals surface area contributed by atoms with Crippen LogP contribution in [0.5, 0.6) is 0 Å². The number of aromatic nitrogens is 3. The molecule has 0 spiro atoms. The van der Waals surface area contributed by atoms with Gasteiger partial charge >= 0.3 is 0 Å². The molecule has 0 aliphatic carbocycles. The van der Waals surface area contributed by atoms with Gasteiger partial charge in [0.1, 0.15) is 0 Å². The molecule has 6 nitrogen and oxygen atoms in total. The molecule has 4 aromatic rings. The van der Waals surface area contributed by atoms with Gasteiger partial charge < -0.3 is 11.1 Å². The highest BCUT2D eigenvalue weighted by molar-refractivity contribution is 6.03. The maximum atomic E-state index is 12.0. The van der Waals surface area contributed by atoms with E-state index < -0.39 is 5.91 Å².